The van der Waals surface area contributed by atoms with Crippen LogP contribution >= 0.6 is 23.2 Å². The predicted octanol–water partition coefficient (Wildman–Crippen LogP) is 4.64. The van der Waals surface area contributed by atoms with E-state index >= 15 is 0 Å². The summed E-state index contributed by atoms with van der Waals surface area (Å²) in [5.74, 6) is -0.389. The average Bonchev–Trinajstić information content (AvgIpc) is 2.40. The fourth-order valence-electron chi connectivity index (χ4n) is 2.01. The Kier molecular flexibility index (Phi) is 4.81. The van der Waals surface area contributed by atoms with Crippen LogP contribution in [0.3, 0.4) is 0 Å². The third-order valence-corrected chi connectivity index (χ3v) is 3.56. The maximum absolute atomic E-state index is 13.4. The zero-order valence-corrected chi connectivity index (χ0v) is 12.0. The van der Waals surface area contributed by atoms with Crippen LogP contribution in [0, 0.1) is 5.82 Å². The SMILES string of the molecule is CNC(Cc1ccc(Cl)c(F)c1)c1cccc(Cl)c1. The van der Waals surface area contributed by atoms with Gasteiger partial charge >= 0.3 is 0 Å². The van der Waals surface area contributed by atoms with Gasteiger partial charge in [-0.1, -0.05) is 41.4 Å². The van der Waals surface area contributed by atoms with Crippen molar-refractivity contribution in [3.63, 3.8) is 0 Å². The standard InChI is InChI=1S/C15H14Cl2FN/c1-19-15(11-3-2-4-12(16)9-11)8-10-5-6-13(17)14(18)7-10/h2-7,9,15,19H,8H2,1H3. The van der Waals surface area contributed by atoms with Gasteiger partial charge in [-0.25, -0.2) is 4.39 Å². The summed E-state index contributed by atoms with van der Waals surface area (Å²) < 4.78 is 13.4. The van der Waals surface area contributed by atoms with Gasteiger partial charge in [0.25, 0.3) is 0 Å². The molecule has 0 bridgehead atoms. The molecule has 1 nitrogen and oxygen atoms in total. The maximum Gasteiger partial charge on any atom is 0.142 e. The summed E-state index contributed by atoms with van der Waals surface area (Å²) in [5, 5.41) is 4.05. The molecule has 1 atom stereocenters. The summed E-state index contributed by atoms with van der Waals surface area (Å²) in [6.45, 7) is 0. The van der Waals surface area contributed by atoms with Crippen LogP contribution in [0.4, 0.5) is 4.39 Å². The third-order valence-electron chi connectivity index (χ3n) is 3.02. The topological polar surface area (TPSA) is 12.0 Å². The smallest absolute Gasteiger partial charge is 0.142 e. The van der Waals surface area contributed by atoms with E-state index in [1.54, 1.807) is 6.07 Å². The van der Waals surface area contributed by atoms with Crippen LogP contribution in [0.15, 0.2) is 42.5 Å². The second-order valence-corrected chi connectivity index (χ2v) is 5.19. The Morgan fingerprint density at radius 1 is 1.16 bits per heavy atom. The number of hydrogen-bond donors (Lipinski definition) is 1. The second-order valence-electron chi connectivity index (χ2n) is 4.35. The van der Waals surface area contributed by atoms with Crippen molar-refractivity contribution in [2.75, 3.05) is 7.05 Å². The van der Waals surface area contributed by atoms with Crippen molar-refractivity contribution in [1.82, 2.24) is 5.32 Å². The second kappa shape index (κ2) is 6.38. The lowest BCUT2D eigenvalue weighted by Gasteiger charge is -2.17. The van der Waals surface area contributed by atoms with Crippen molar-refractivity contribution in [2.24, 2.45) is 0 Å². The molecule has 0 spiro atoms. The van der Waals surface area contributed by atoms with E-state index in [9.17, 15) is 4.39 Å². The van der Waals surface area contributed by atoms with Gasteiger partial charge in [0.1, 0.15) is 5.82 Å². The fraction of sp³-hybridized carbons (Fsp3) is 0.200. The van der Waals surface area contributed by atoms with Crippen LogP contribution in [0.5, 0.6) is 0 Å². The van der Waals surface area contributed by atoms with Crippen molar-refractivity contribution in [1.29, 1.82) is 0 Å². The molecule has 4 heteroatoms. The van der Waals surface area contributed by atoms with E-state index in [1.807, 2.05) is 37.4 Å². The van der Waals surface area contributed by atoms with E-state index in [0.717, 1.165) is 11.1 Å². The first kappa shape index (κ1) is 14.3. The molecule has 0 aromatic heterocycles. The van der Waals surface area contributed by atoms with E-state index in [0.29, 0.717) is 11.4 Å². The van der Waals surface area contributed by atoms with E-state index in [2.05, 4.69) is 5.32 Å². The molecular weight excluding hydrogens is 284 g/mol. The molecule has 1 unspecified atom stereocenters. The zero-order chi connectivity index (χ0) is 13.8. The minimum Gasteiger partial charge on any atom is -0.313 e. The van der Waals surface area contributed by atoms with E-state index in [-0.39, 0.29) is 16.9 Å². The number of nitrogens with one attached hydrogen (secondary N) is 1. The van der Waals surface area contributed by atoms with Crippen molar-refractivity contribution in [2.45, 2.75) is 12.5 Å². The summed E-state index contributed by atoms with van der Waals surface area (Å²) in [5.41, 5.74) is 1.96. The molecule has 2 aromatic rings. The lowest BCUT2D eigenvalue weighted by molar-refractivity contribution is 0.584. The summed E-state index contributed by atoms with van der Waals surface area (Å²) in [6.07, 6.45) is 0.672. The summed E-state index contributed by atoms with van der Waals surface area (Å²) in [4.78, 5) is 0. The molecule has 0 saturated heterocycles. The molecule has 0 amide bonds. The van der Waals surface area contributed by atoms with Gasteiger partial charge < -0.3 is 5.32 Å². The monoisotopic (exact) mass is 297 g/mol. The molecular formula is C15H14Cl2FN. The lowest BCUT2D eigenvalue weighted by atomic mass is 9.99. The Labute approximate surface area is 122 Å². The molecule has 2 aromatic carbocycles. The van der Waals surface area contributed by atoms with Gasteiger partial charge in [0, 0.05) is 11.1 Å². The molecule has 1 N–H and O–H groups in total. The van der Waals surface area contributed by atoms with Gasteiger partial charge in [-0.15, -0.1) is 0 Å². The Morgan fingerprint density at radius 3 is 2.58 bits per heavy atom. The first-order valence-electron chi connectivity index (χ1n) is 5.97. The van der Waals surface area contributed by atoms with E-state index in [4.69, 9.17) is 23.2 Å². The number of benzene rings is 2. The van der Waals surface area contributed by atoms with Crippen LogP contribution in [0.25, 0.3) is 0 Å². The quantitative estimate of drug-likeness (QED) is 0.867. The third kappa shape index (κ3) is 3.69. The fourth-order valence-corrected chi connectivity index (χ4v) is 2.33. The highest BCUT2D eigenvalue weighted by Gasteiger charge is 2.11. The van der Waals surface area contributed by atoms with Crippen LogP contribution in [-0.2, 0) is 6.42 Å². The Balaban J connectivity index is 2.21. The largest absolute Gasteiger partial charge is 0.313 e. The Morgan fingerprint density at radius 2 is 1.95 bits per heavy atom. The van der Waals surface area contributed by atoms with Crippen molar-refractivity contribution in [3.05, 3.63) is 69.5 Å². The maximum atomic E-state index is 13.4. The first-order chi connectivity index (χ1) is 9.10. The van der Waals surface area contributed by atoms with Gasteiger partial charge in [0.05, 0.1) is 5.02 Å². The lowest BCUT2D eigenvalue weighted by Crippen LogP contribution is -2.18. The van der Waals surface area contributed by atoms with Gasteiger partial charge in [0.15, 0.2) is 0 Å². The highest BCUT2D eigenvalue weighted by molar-refractivity contribution is 6.31. The predicted molar refractivity (Wildman–Crippen MR) is 78.4 cm³/mol. The van der Waals surface area contributed by atoms with Crippen LogP contribution < -0.4 is 5.32 Å². The number of likely N-dealkylation sites (N-methyl/N-ethyl adjacent to an activating group) is 1. The number of rotatable bonds is 4. The minimum atomic E-state index is -0.389. The Hall–Kier alpha value is -1.09. The van der Waals surface area contributed by atoms with Crippen molar-refractivity contribution < 1.29 is 4.39 Å². The van der Waals surface area contributed by atoms with Crippen LogP contribution in [0.1, 0.15) is 17.2 Å². The van der Waals surface area contributed by atoms with E-state index < -0.39 is 0 Å². The number of hydrogen-bond acceptors (Lipinski definition) is 1. The zero-order valence-electron chi connectivity index (χ0n) is 10.5. The summed E-state index contributed by atoms with van der Waals surface area (Å²) >= 11 is 11.7. The van der Waals surface area contributed by atoms with Crippen LogP contribution in [-0.4, -0.2) is 7.05 Å². The van der Waals surface area contributed by atoms with Gasteiger partial charge in [0.2, 0.25) is 0 Å². The van der Waals surface area contributed by atoms with E-state index in [1.165, 1.54) is 6.07 Å². The normalized spacial score (nSPS) is 12.4. The summed E-state index contributed by atoms with van der Waals surface area (Å²) in [7, 11) is 1.87. The minimum absolute atomic E-state index is 0.0827. The molecule has 0 aliphatic heterocycles. The molecule has 0 aliphatic carbocycles. The first-order valence-corrected chi connectivity index (χ1v) is 6.72. The van der Waals surface area contributed by atoms with Gasteiger partial charge in [-0.2, -0.15) is 0 Å². The molecule has 0 heterocycles. The van der Waals surface area contributed by atoms with Crippen molar-refractivity contribution in [3.8, 4) is 0 Å². The molecule has 0 radical (unpaired) electrons. The Bertz CT molecular complexity index is 572. The summed E-state index contributed by atoms with van der Waals surface area (Å²) in [6, 6.07) is 12.6. The van der Waals surface area contributed by atoms with Gasteiger partial charge in [-0.05, 0) is 48.9 Å². The van der Waals surface area contributed by atoms with Gasteiger partial charge in [-0.3, -0.25) is 0 Å². The molecule has 2 rings (SSSR count). The van der Waals surface area contributed by atoms with Crippen molar-refractivity contribution >= 4 is 23.2 Å². The van der Waals surface area contributed by atoms with Crippen LogP contribution in [0.2, 0.25) is 10.0 Å². The molecule has 0 aliphatic rings. The molecule has 19 heavy (non-hydrogen) atoms. The average molecular weight is 298 g/mol. The highest BCUT2D eigenvalue weighted by Crippen LogP contribution is 2.23. The number of halogens is 3. The molecule has 0 fully saturated rings. The highest BCUT2D eigenvalue weighted by atomic mass is 35.5. The molecule has 0 saturated carbocycles. The molecule has 100 valence electrons.